The quantitative estimate of drug-likeness (QED) is 0.593. The van der Waals surface area contributed by atoms with Crippen molar-refractivity contribution in [2.75, 3.05) is 19.0 Å². The number of thioether (sulfide) groups is 1. The Morgan fingerprint density at radius 1 is 1.53 bits per heavy atom. The normalized spacial score (nSPS) is 14.6. The minimum Gasteiger partial charge on any atom is -0.423 e. The van der Waals surface area contributed by atoms with E-state index in [-0.39, 0.29) is 0 Å². The summed E-state index contributed by atoms with van der Waals surface area (Å²) in [5, 5.41) is 5.61. The summed E-state index contributed by atoms with van der Waals surface area (Å²) < 4.78 is 12.7. The second kappa shape index (κ2) is 6.43. The van der Waals surface area contributed by atoms with Crippen LogP contribution in [0.5, 0.6) is 5.88 Å². The highest BCUT2D eigenvalue weighted by Gasteiger charge is 2.21. The highest BCUT2D eigenvalue weighted by atomic mass is 35.5. The summed E-state index contributed by atoms with van der Waals surface area (Å²) >= 11 is 13.1. The number of nitrogens with zero attached hydrogens (tertiary/aromatic N) is 2. The third-order valence-electron chi connectivity index (χ3n) is 1.81. The molecule has 0 aliphatic heterocycles. The molecule has 8 heteroatoms. The van der Waals surface area contributed by atoms with Gasteiger partial charge >= 0.3 is 0 Å². The van der Waals surface area contributed by atoms with E-state index in [1.807, 2.05) is 14.0 Å². The zero-order chi connectivity index (χ0) is 13.1. The molecule has 0 saturated heterocycles. The average Bonchev–Trinajstić information content (AvgIpc) is 2.45. The molecule has 0 N–H and O–H groups in total. The fourth-order valence-corrected chi connectivity index (χ4v) is 3.85. The molecular formula is C9H16ClN2O2PS2. The third kappa shape index (κ3) is 4.14. The highest BCUT2D eigenvalue weighted by Crippen LogP contribution is 2.47. The van der Waals surface area contributed by atoms with Crippen LogP contribution in [0.25, 0.3) is 0 Å². The van der Waals surface area contributed by atoms with Gasteiger partial charge in [-0.05, 0) is 24.5 Å². The summed E-state index contributed by atoms with van der Waals surface area (Å²) in [7, 11) is 1.83. The number of rotatable bonds is 6. The van der Waals surface area contributed by atoms with Gasteiger partial charge in [-0.3, -0.25) is 4.68 Å². The molecule has 0 radical (unpaired) electrons. The molecule has 0 aromatic carbocycles. The summed E-state index contributed by atoms with van der Waals surface area (Å²) in [6.45, 7) is 3.92. The van der Waals surface area contributed by atoms with E-state index >= 15 is 0 Å². The summed E-state index contributed by atoms with van der Waals surface area (Å²) in [4.78, 5) is 0. The van der Waals surface area contributed by atoms with Gasteiger partial charge < -0.3 is 9.05 Å². The van der Waals surface area contributed by atoms with Crippen molar-refractivity contribution in [1.29, 1.82) is 0 Å². The zero-order valence-electron chi connectivity index (χ0n) is 10.3. The molecule has 0 fully saturated rings. The Hall–Kier alpha value is 0.260. The van der Waals surface area contributed by atoms with E-state index < -0.39 is 6.49 Å². The van der Waals surface area contributed by atoms with Crippen LogP contribution in [0.3, 0.4) is 0 Å². The molecule has 1 atom stereocenters. The monoisotopic (exact) mass is 314 g/mol. The Bertz CT molecular complexity index is 439. The molecule has 0 spiro atoms. The third-order valence-corrected chi connectivity index (χ3v) is 5.06. The van der Waals surface area contributed by atoms with E-state index in [1.54, 1.807) is 23.1 Å². The predicted octanol–water partition coefficient (Wildman–Crippen LogP) is 3.54. The maximum atomic E-state index is 6.20. The van der Waals surface area contributed by atoms with E-state index in [4.69, 9.17) is 32.5 Å². The molecule has 17 heavy (non-hydrogen) atoms. The van der Waals surface area contributed by atoms with Crippen LogP contribution >= 0.6 is 29.9 Å². The van der Waals surface area contributed by atoms with Gasteiger partial charge in [-0.15, -0.1) is 16.9 Å². The Morgan fingerprint density at radius 3 is 2.71 bits per heavy atom. The van der Waals surface area contributed by atoms with Crippen molar-refractivity contribution in [1.82, 2.24) is 9.78 Å². The van der Waals surface area contributed by atoms with Gasteiger partial charge in [0.2, 0.25) is 6.49 Å². The molecule has 0 aliphatic rings. The summed E-state index contributed by atoms with van der Waals surface area (Å²) in [5.74, 6) is 1.29. The minimum atomic E-state index is -2.30. The predicted molar refractivity (Wildman–Crippen MR) is 77.1 cm³/mol. The smallest absolute Gasteiger partial charge is 0.258 e. The average molecular weight is 315 g/mol. The van der Waals surface area contributed by atoms with Gasteiger partial charge in [-0.1, -0.05) is 18.5 Å². The van der Waals surface area contributed by atoms with Crippen molar-refractivity contribution in [3.8, 4) is 5.88 Å². The first kappa shape index (κ1) is 15.3. The molecule has 0 aliphatic carbocycles. The number of halogens is 1. The molecule has 1 rings (SSSR count). The Balaban J connectivity index is 2.93. The van der Waals surface area contributed by atoms with Crippen molar-refractivity contribution < 1.29 is 9.05 Å². The molecule has 1 unspecified atom stereocenters. The van der Waals surface area contributed by atoms with E-state index in [1.165, 1.54) is 0 Å². The minimum absolute atomic E-state index is 0.365. The van der Waals surface area contributed by atoms with Crippen LogP contribution in [0.15, 0.2) is 5.03 Å². The van der Waals surface area contributed by atoms with Gasteiger partial charge in [-0.25, -0.2) is 0 Å². The lowest BCUT2D eigenvalue weighted by atomic mass is 10.7. The van der Waals surface area contributed by atoms with E-state index in [2.05, 4.69) is 12.0 Å². The van der Waals surface area contributed by atoms with Gasteiger partial charge in [0.15, 0.2) is 0 Å². The molecule has 98 valence electrons. The van der Waals surface area contributed by atoms with Crippen LogP contribution in [0.2, 0.25) is 5.02 Å². The van der Waals surface area contributed by atoms with Crippen LogP contribution in [-0.4, -0.2) is 28.8 Å². The fraction of sp³-hybridized carbons (Fsp3) is 0.667. The standard InChI is InChI=1S/C9H16ClN2O2PS2/c1-5-13-15(4,16)14-8-7(10)9(17-6-2)12(3)11-8/h5-6H2,1-4H3. The highest BCUT2D eigenvalue weighted by molar-refractivity contribution is 8.09. The second-order valence-corrected chi connectivity index (χ2v) is 8.87. The topological polar surface area (TPSA) is 36.3 Å². The van der Waals surface area contributed by atoms with Crippen molar-refractivity contribution in [2.24, 2.45) is 7.05 Å². The fourth-order valence-electron chi connectivity index (χ4n) is 1.23. The molecule has 1 aromatic heterocycles. The van der Waals surface area contributed by atoms with Crippen LogP contribution < -0.4 is 4.52 Å². The van der Waals surface area contributed by atoms with Gasteiger partial charge in [0.25, 0.3) is 5.88 Å². The summed E-state index contributed by atoms with van der Waals surface area (Å²) in [6.07, 6.45) is 0. The van der Waals surface area contributed by atoms with E-state index in [0.717, 1.165) is 10.8 Å². The number of hydrogen-bond donors (Lipinski definition) is 0. The lowest BCUT2D eigenvalue weighted by Crippen LogP contribution is -1.97. The van der Waals surface area contributed by atoms with Crippen molar-refractivity contribution >= 4 is 41.7 Å². The summed E-state index contributed by atoms with van der Waals surface area (Å²) in [5.41, 5.74) is 0. The summed E-state index contributed by atoms with van der Waals surface area (Å²) in [6, 6.07) is 0. The molecule has 1 aromatic rings. The number of hydrogen-bond acceptors (Lipinski definition) is 5. The lowest BCUT2D eigenvalue weighted by Gasteiger charge is -2.15. The second-order valence-electron chi connectivity index (χ2n) is 3.26. The van der Waals surface area contributed by atoms with Crippen LogP contribution in [-0.2, 0) is 23.4 Å². The maximum Gasteiger partial charge on any atom is 0.258 e. The van der Waals surface area contributed by atoms with Gasteiger partial charge in [-0.2, -0.15) is 0 Å². The molecular weight excluding hydrogens is 299 g/mol. The Kier molecular flexibility index (Phi) is 5.80. The van der Waals surface area contributed by atoms with Crippen molar-refractivity contribution in [3.63, 3.8) is 0 Å². The first-order valence-corrected chi connectivity index (χ1v) is 9.63. The lowest BCUT2D eigenvalue weighted by molar-refractivity contribution is 0.332. The molecule has 0 bridgehead atoms. The van der Waals surface area contributed by atoms with E-state index in [0.29, 0.717) is 17.5 Å². The van der Waals surface area contributed by atoms with Gasteiger partial charge in [0, 0.05) is 13.7 Å². The van der Waals surface area contributed by atoms with Crippen molar-refractivity contribution in [2.45, 2.75) is 18.9 Å². The SMILES string of the molecule is CCOP(C)(=S)Oc1nn(C)c(SCC)c1Cl. The van der Waals surface area contributed by atoms with E-state index in [9.17, 15) is 0 Å². The molecule has 0 saturated carbocycles. The Morgan fingerprint density at radius 2 is 2.18 bits per heavy atom. The van der Waals surface area contributed by atoms with Crippen LogP contribution in [0, 0.1) is 0 Å². The number of aryl methyl sites for hydroxylation is 1. The Labute approximate surface area is 116 Å². The molecule has 4 nitrogen and oxygen atoms in total. The molecule has 0 amide bonds. The van der Waals surface area contributed by atoms with Gasteiger partial charge in [0.1, 0.15) is 10.0 Å². The first-order chi connectivity index (χ1) is 7.91. The largest absolute Gasteiger partial charge is 0.423 e. The zero-order valence-corrected chi connectivity index (χ0v) is 13.6. The van der Waals surface area contributed by atoms with Gasteiger partial charge in [0.05, 0.1) is 6.61 Å². The van der Waals surface area contributed by atoms with Crippen molar-refractivity contribution in [3.05, 3.63) is 5.02 Å². The number of aromatic nitrogens is 2. The van der Waals surface area contributed by atoms with Crippen LogP contribution in [0.4, 0.5) is 0 Å². The van der Waals surface area contributed by atoms with Crippen LogP contribution in [0.1, 0.15) is 13.8 Å². The maximum absolute atomic E-state index is 6.20. The molecule has 1 heterocycles. The first-order valence-electron chi connectivity index (χ1n) is 5.18.